The molecule has 1 fully saturated rings. The van der Waals surface area contributed by atoms with Gasteiger partial charge in [0.2, 0.25) is 5.91 Å². The maximum absolute atomic E-state index is 11.5. The van der Waals surface area contributed by atoms with Crippen LogP contribution < -0.4 is 10.6 Å². The summed E-state index contributed by atoms with van der Waals surface area (Å²) in [5.41, 5.74) is 6.90. The molecule has 1 saturated heterocycles. The number of hydrogen-bond donors (Lipinski definition) is 1. The van der Waals surface area contributed by atoms with Gasteiger partial charge in [-0.3, -0.25) is 9.78 Å². The van der Waals surface area contributed by atoms with Crippen molar-refractivity contribution in [3.8, 4) is 0 Å². The van der Waals surface area contributed by atoms with Crippen molar-refractivity contribution in [1.29, 1.82) is 0 Å². The average Bonchev–Trinajstić information content (AvgIpc) is 3.17. The number of primary amides is 1. The van der Waals surface area contributed by atoms with Crippen LogP contribution in [0.5, 0.6) is 0 Å². The van der Waals surface area contributed by atoms with Crippen LogP contribution in [0.1, 0.15) is 40.6 Å². The molecule has 1 atom stereocenters. The van der Waals surface area contributed by atoms with Crippen LogP contribution in [0.15, 0.2) is 55.1 Å². The molecular weight excluding hydrogens is 340 g/mol. The standard InChI is InChI=1S/C20H22N6O/c21-19(27)15-6-8-23-18(12-15)25-10-3-4-16(13-25)20-24-9-11-26(20)14-17-5-1-2-7-22-17/h1-2,5-9,11-12,16H,3-4,10,13-14H2,(H2,21,27). The van der Waals surface area contributed by atoms with E-state index < -0.39 is 5.91 Å². The zero-order valence-corrected chi connectivity index (χ0v) is 15.0. The Kier molecular flexibility index (Phi) is 4.82. The van der Waals surface area contributed by atoms with E-state index in [1.54, 1.807) is 18.3 Å². The van der Waals surface area contributed by atoms with E-state index in [0.717, 1.165) is 43.3 Å². The van der Waals surface area contributed by atoms with Crippen molar-refractivity contribution in [3.63, 3.8) is 0 Å². The summed E-state index contributed by atoms with van der Waals surface area (Å²) < 4.78 is 2.17. The quantitative estimate of drug-likeness (QED) is 0.751. The van der Waals surface area contributed by atoms with E-state index >= 15 is 0 Å². The molecule has 2 N–H and O–H groups in total. The van der Waals surface area contributed by atoms with E-state index in [-0.39, 0.29) is 0 Å². The number of aromatic nitrogens is 4. The first-order valence-corrected chi connectivity index (χ1v) is 9.12. The highest BCUT2D eigenvalue weighted by atomic mass is 16.1. The van der Waals surface area contributed by atoms with Crippen molar-refractivity contribution >= 4 is 11.7 Å². The number of pyridine rings is 2. The van der Waals surface area contributed by atoms with Crippen molar-refractivity contribution in [2.45, 2.75) is 25.3 Å². The molecule has 27 heavy (non-hydrogen) atoms. The molecule has 1 amide bonds. The van der Waals surface area contributed by atoms with Gasteiger partial charge in [-0.2, -0.15) is 0 Å². The van der Waals surface area contributed by atoms with E-state index in [2.05, 4.69) is 24.4 Å². The van der Waals surface area contributed by atoms with Gasteiger partial charge in [0.05, 0.1) is 12.2 Å². The van der Waals surface area contributed by atoms with Crippen molar-refractivity contribution < 1.29 is 4.79 Å². The van der Waals surface area contributed by atoms with Crippen molar-refractivity contribution in [3.05, 3.63) is 72.2 Å². The molecule has 0 aliphatic carbocycles. The highest BCUT2D eigenvalue weighted by Gasteiger charge is 2.26. The Bertz CT molecular complexity index is 923. The largest absolute Gasteiger partial charge is 0.366 e. The predicted molar refractivity (Wildman–Crippen MR) is 103 cm³/mol. The van der Waals surface area contributed by atoms with Crippen molar-refractivity contribution in [2.75, 3.05) is 18.0 Å². The second kappa shape index (κ2) is 7.57. The van der Waals surface area contributed by atoms with Gasteiger partial charge in [0.25, 0.3) is 0 Å². The Labute approximate surface area is 157 Å². The summed E-state index contributed by atoms with van der Waals surface area (Å²) in [6, 6.07) is 9.36. The Balaban J connectivity index is 1.53. The van der Waals surface area contributed by atoms with E-state index in [0.29, 0.717) is 18.0 Å². The van der Waals surface area contributed by atoms with Crippen molar-refractivity contribution in [2.24, 2.45) is 5.73 Å². The fraction of sp³-hybridized carbons (Fsp3) is 0.300. The third-order valence-electron chi connectivity index (χ3n) is 4.95. The molecule has 4 heterocycles. The van der Waals surface area contributed by atoms with Crippen LogP contribution in [0, 0.1) is 0 Å². The maximum Gasteiger partial charge on any atom is 0.248 e. The van der Waals surface area contributed by atoms with Gasteiger partial charge in [-0.05, 0) is 37.1 Å². The van der Waals surface area contributed by atoms with E-state index in [1.807, 2.05) is 36.8 Å². The average molecular weight is 362 g/mol. The number of hydrogen-bond acceptors (Lipinski definition) is 5. The van der Waals surface area contributed by atoms with Crippen molar-refractivity contribution in [1.82, 2.24) is 19.5 Å². The molecule has 0 spiro atoms. The van der Waals surface area contributed by atoms with Gasteiger partial charge >= 0.3 is 0 Å². The highest BCUT2D eigenvalue weighted by molar-refractivity contribution is 5.93. The smallest absolute Gasteiger partial charge is 0.248 e. The highest BCUT2D eigenvalue weighted by Crippen LogP contribution is 2.29. The van der Waals surface area contributed by atoms with E-state index in [9.17, 15) is 4.79 Å². The van der Waals surface area contributed by atoms with E-state index in [4.69, 9.17) is 5.73 Å². The second-order valence-corrected chi connectivity index (χ2v) is 6.79. The number of imidazole rings is 1. The van der Waals surface area contributed by atoms with Crippen LogP contribution in [0.4, 0.5) is 5.82 Å². The number of carbonyl (C=O) groups is 1. The first kappa shape index (κ1) is 17.2. The molecule has 3 aromatic heterocycles. The Hall–Kier alpha value is -3.22. The normalized spacial score (nSPS) is 17.0. The lowest BCUT2D eigenvalue weighted by Gasteiger charge is -2.33. The minimum atomic E-state index is -0.432. The molecule has 1 aliphatic rings. The second-order valence-electron chi connectivity index (χ2n) is 6.79. The van der Waals surface area contributed by atoms with Gasteiger partial charge in [-0.15, -0.1) is 0 Å². The molecule has 0 bridgehead atoms. The van der Waals surface area contributed by atoms with Gasteiger partial charge in [0.15, 0.2) is 0 Å². The molecule has 1 unspecified atom stereocenters. The predicted octanol–water partition coefficient (Wildman–Crippen LogP) is 2.20. The van der Waals surface area contributed by atoms with Gasteiger partial charge in [0.1, 0.15) is 11.6 Å². The summed E-state index contributed by atoms with van der Waals surface area (Å²) >= 11 is 0. The fourth-order valence-corrected chi connectivity index (χ4v) is 3.62. The molecule has 4 rings (SSSR count). The molecule has 0 saturated carbocycles. The van der Waals surface area contributed by atoms with Crippen LogP contribution in [-0.4, -0.2) is 38.5 Å². The summed E-state index contributed by atoms with van der Waals surface area (Å²) in [4.78, 5) is 27.1. The van der Waals surface area contributed by atoms with Crippen LogP contribution >= 0.6 is 0 Å². The molecule has 3 aromatic rings. The van der Waals surface area contributed by atoms with Gasteiger partial charge in [-0.1, -0.05) is 6.07 Å². The first-order chi connectivity index (χ1) is 13.2. The van der Waals surface area contributed by atoms with E-state index in [1.165, 1.54) is 0 Å². The minimum Gasteiger partial charge on any atom is -0.366 e. The topological polar surface area (TPSA) is 89.9 Å². The summed E-state index contributed by atoms with van der Waals surface area (Å²) in [7, 11) is 0. The number of amides is 1. The lowest BCUT2D eigenvalue weighted by Crippen LogP contribution is -2.36. The lowest BCUT2D eigenvalue weighted by molar-refractivity contribution is 0.1000. The number of rotatable bonds is 5. The molecule has 7 nitrogen and oxygen atoms in total. The molecule has 0 aromatic carbocycles. The third kappa shape index (κ3) is 3.81. The molecule has 1 aliphatic heterocycles. The number of nitrogens with two attached hydrogens (primary N) is 1. The van der Waals surface area contributed by atoms with Crippen LogP contribution in [0.2, 0.25) is 0 Å². The summed E-state index contributed by atoms with van der Waals surface area (Å²) in [6.45, 7) is 2.43. The number of nitrogens with zero attached hydrogens (tertiary/aromatic N) is 5. The minimum absolute atomic E-state index is 0.302. The SMILES string of the molecule is NC(=O)c1ccnc(N2CCCC(c3nccn3Cc3ccccn3)C2)c1. The summed E-state index contributed by atoms with van der Waals surface area (Å²) in [6.07, 6.45) is 9.43. The number of anilines is 1. The number of carbonyl (C=O) groups excluding carboxylic acids is 1. The van der Waals surface area contributed by atoms with Gasteiger partial charge < -0.3 is 15.2 Å². The number of piperidine rings is 1. The summed E-state index contributed by atoms with van der Waals surface area (Å²) in [5.74, 6) is 1.73. The maximum atomic E-state index is 11.5. The Morgan fingerprint density at radius 3 is 2.89 bits per heavy atom. The summed E-state index contributed by atoms with van der Waals surface area (Å²) in [5, 5.41) is 0. The molecule has 138 valence electrons. The van der Waals surface area contributed by atoms with Crippen LogP contribution in [-0.2, 0) is 6.54 Å². The zero-order chi connectivity index (χ0) is 18.6. The third-order valence-corrected chi connectivity index (χ3v) is 4.95. The first-order valence-electron chi connectivity index (χ1n) is 9.12. The molecule has 7 heteroatoms. The molecular formula is C20H22N6O. The van der Waals surface area contributed by atoms with Crippen LogP contribution in [0.25, 0.3) is 0 Å². The van der Waals surface area contributed by atoms with Gasteiger partial charge in [0, 0.05) is 49.4 Å². The van der Waals surface area contributed by atoms with Crippen LogP contribution in [0.3, 0.4) is 0 Å². The Morgan fingerprint density at radius 2 is 2.07 bits per heavy atom. The fourth-order valence-electron chi connectivity index (χ4n) is 3.62. The lowest BCUT2D eigenvalue weighted by atomic mass is 9.97. The zero-order valence-electron chi connectivity index (χ0n) is 15.0. The Morgan fingerprint density at radius 1 is 1.15 bits per heavy atom. The van der Waals surface area contributed by atoms with Gasteiger partial charge in [-0.25, -0.2) is 9.97 Å². The molecule has 0 radical (unpaired) electrons. The monoisotopic (exact) mass is 362 g/mol.